The number of nitrogens with zero attached hydrogens (tertiary/aromatic N) is 5. The Hall–Kier alpha value is -4.26. The zero-order chi connectivity index (χ0) is 22.9. The minimum absolute atomic E-state index is 0.0793. The van der Waals surface area contributed by atoms with Crippen LogP contribution in [0.4, 0.5) is 0 Å². The molecule has 2 heterocycles. The van der Waals surface area contributed by atoms with Gasteiger partial charge in [-0.2, -0.15) is 5.26 Å². The van der Waals surface area contributed by atoms with E-state index in [1.54, 1.807) is 12.1 Å². The van der Waals surface area contributed by atoms with Crippen molar-refractivity contribution in [3.8, 4) is 11.9 Å². The summed E-state index contributed by atoms with van der Waals surface area (Å²) in [6, 6.07) is 12.0. The van der Waals surface area contributed by atoms with E-state index in [2.05, 4.69) is 32.0 Å². The van der Waals surface area contributed by atoms with Crippen molar-refractivity contribution in [1.82, 2.24) is 30.6 Å². The van der Waals surface area contributed by atoms with Crippen molar-refractivity contribution in [3.05, 3.63) is 71.2 Å². The number of carbonyl (C=O) groups excluding carboxylic acids is 2. The molecule has 1 unspecified atom stereocenters. The molecule has 0 saturated heterocycles. The van der Waals surface area contributed by atoms with Gasteiger partial charge in [-0.05, 0) is 29.7 Å². The molecule has 10 nitrogen and oxygen atoms in total. The minimum atomic E-state index is -0.799. The summed E-state index contributed by atoms with van der Waals surface area (Å²) in [5.74, 6) is -0.605. The molecule has 3 aromatic rings. The van der Waals surface area contributed by atoms with Gasteiger partial charge in [-0.15, -0.1) is 5.10 Å². The first-order valence-electron chi connectivity index (χ1n) is 10.0. The third-order valence-corrected chi connectivity index (χ3v) is 4.73. The number of amides is 2. The molecular weight excluding hydrogens is 410 g/mol. The van der Waals surface area contributed by atoms with Gasteiger partial charge in [0, 0.05) is 12.7 Å². The van der Waals surface area contributed by atoms with Crippen LogP contribution in [0.25, 0.3) is 0 Å². The molecule has 164 valence electrons. The van der Waals surface area contributed by atoms with Crippen molar-refractivity contribution in [2.45, 2.75) is 25.9 Å². The van der Waals surface area contributed by atoms with Gasteiger partial charge in [0.15, 0.2) is 5.69 Å². The van der Waals surface area contributed by atoms with Gasteiger partial charge in [0.25, 0.3) is 11.8 Å². The molecule has 0 aliphatic heterocycles. The van der Waals surface area contributed by atoms with E-state index < -0.39 is 11.9 Å². The topological polar surface area (TPSA) is 135 Å². The smallest absolute Gasteiger partial charge is 0.274 e. The summed E-state index contributed by atoms with van der Waals surface area (Å²) in [6.45, 7) is 2.60. The van der Waals surface area contributed by atoms with Gasteiger partial charge in [-0.1, -0.05) is 36.4 Å². The average Bonchev–Trinajstić information content (AvgIpc) is 3.31. The third-order valence-electron chi connectivity index (χ3n) is 4.73. The number of benzene rings is 1. The number of pyridine rings is 1. The number of hydrogen-bond acceptors (Lipinski definition) is 7. The quantitative estimate of drug-likeness (QED) is 0.524. The maximum absolute atomic E-state index is 12.5. The molecule has 10 heteroatoms. The van der Waals surface area contributed by atoms with E-state index in [-0.39, 0.29) is 24.0 Å². The van der Waals surface area contributed by atoms with Gasteiger partial charge in [0.1, 0.15) is 11.6 Å². The highest BCUT2D eigenvalue weighted by atomic mass is 16.5. The molecule has 0 saturated carbocycles. The number of carbonyl (C=O) groups is 2. The number of rotatable bonds is 9. The van der Waals surface area contributed by atoms with Crippen LogP contribution in [0.5, 0.6) is 5.88 Å². The first-order chi connectivity index (χ1) is 15.5. The second-order valence-corrected chi connectivity index (χ2v) is 6.81. The lowest BCUT2D eigenvalue weighted by Gasteiger charge is -2.11. The van der Waals surface area contributed by atoms with E-state index in [1.807, 2.05) is 31.2 Å². The SMILES string of the molecule is CCc1ccc(C(C#N)NC(=O)c2cn(CCNC(=O)c3cccnc3OC)nn2)cc1. The fraction of sp³-hybridized carbons (Fsp3) is 0.273. The highest BCUT2D eigenvalue weighted by Gasteiger charge is 2.18. The van der Waals surface area contributed by atoms with Crippen LogP contribution in [0.15, 0.2) is 48.8 Å². The lowest BCUT2D eigenvalue weighted by atomic mass is 10.0. The first kappa shape index (κ1) is 22.4. The predicted octanol–water partition coefficient (Wildman–Crippen LogP) is 1.67. The number of ether oxygens (including phenoxy) is 1. The molecule has 2 amide bonds. The monoisotopic (exact) mass is 433 g/mol. The Morgan fingerprint density at radius 2 is 2.00 bits per heavy atom. The van der Waals surface area contributed by atoms with Crippen molar-refractivity contribution >= 4 is 11.8 Å². The molecule has 0 radical (unpaired) electrons. The fourth-order valence-electron chi connectivity index (χ4n) is 2.96. The number of aromatic nitrogens is 4. The van der Waals surface area contributed by atoms with Crippen LogP contribution in [0.3, 0.4) is 0 Å². The lowest BCUT2D eigenvalue weighted by Crippen LogP contribution is -2.28. The van der Waals surface area contributed by atoms with Crippen LogP contribution in [0.2, 0.25) is 0 Å². The summed E-state index contributed by atoms with van der Waals surface area (Å²) >= 11 is 0. The van der Waals surface area contributed by atoms with E-state index in [1.165, 1.54) is 24.2 Å². The normalized spacial score (nSPS) is 11.3. The van der Waals surface area contributed by atoms with E-state index in [4.69, 9.17) is 4.74 Å². The van der Waals surface area contributed by atoms with Gasteiger partial charge < -0.3 is 15.4 Å². The molecule has 1 aromatic carbocycles. The lowest BCUT2D eigenvalue weighted by molar-refractivity contribution is 0.0934. The van der Waals surface area contributed by atoms with E-state index >= 15 is 0 Å². The summed E-state index contributed by atoms with van der Waals surface area (Å²) in [5, 5.41) is 22.6. The largest absolute Gasteiger partial charge is 0.480 e. The maximum Gasteiger partial charge on any atom is 0.274 e. The molecule has 1 atom stereocenters. The number of aryl methyl sites for hydroxylation is 1. The summed E-state index contributed by atoms with van der Waals surface area (Å²) in [6.07, 6.45) is 3.89. The molecule has 0 spiro atoms. The van der Waals surface area contributed by atoms with Gasteiger partial charge in [0.2, 0.25) is 5.88 Å². The Kier molecular flexibility index (Phi) is 7.48. The van der Waals surface area contributed by atoms with Gasteiger partial charge in [-0.25, -0.2) is 9.67 Å². The fourth-order valence-corrected chi connectivity index (χ4v) is 2.96. The molecule has 2 N–H and O–H groups in total. The van der Waals surface area contributed by atoms with Crippen LogP contribution in [0, 0.1) is 11.3 Å². The molecule has 3 rings (SSSR count). The summed E-state index contributed by atoms with van der Waals surface area (Å²) in [4.78, 5) is 28.8. The Bertz CT molecular complexity index is 1120. The standard InChI is InChI=1S/C22H23N7O3/c1-3-15-6-8-16(9-7-15)18(13-23)26-21(31)19-14-29(28-27-19)12-11-24-20(30)17-5-4-10-25-22(17)32-2/h4-10,14,18H,3,11-12H2,1-2H3,(H,24,30)(H,26,31). The molecule has 0 aliphatic carbocycles. The Morgan fingerprint density at radius 3 is 2.69 bits per heavy atom. The minimum Gasteiger partial charge on any atom is -0.480 e. The van der Waals surface area contributed by atoms with Crippen LogP contribution >= 0.6 is 0 Å². The van der Waals surface area contributed by atoms with Gasteiger partial charge in [-0.3, -0.25) is 9.59 Å². The maximum atomic E-state index is 12.5. The van der Waals surface area contributed by atoms with Crippen molar-refractivity contribution in [1.29, 1.82) is 5.26 Å². The number of hydrogen-bond donors (Lipinski definition) is 2. The molecule has 0 bridgehead atoms. The van der Waals surface area contributed by atoms with Crippen LogP contribution < -0.4 is 15.4 Å². The third kappa shape index (κ3) is 5.46. The van der Waals surface area contributed by atoms with Gasteiger partial charge >= 0.3 is 0 Å². The number of nitrogens with one attached hydrogen (secondary N) is 2. The summed E-state index contributed by atoms with van der Waals surface area (Å²) in [7, 11) is 1.44. The summed E-state index contributed by atoms with van der Waals surface area (Å²) in [5.41, 5.74) is 2.24. The van der Waals surface area contributed by atoms with E-state index in [9.17, 15) is 14.9 Å². The zero-order valence-electron chi connectivity index (χ0n) is 17.8. The highest BCUT2D eigenvalue weighted by molar-refractivity contribution is 5.96. The van der Waals surface area contributed by atoms with Crippen LogP contribution in [-0.4, -0.2) is 45.4 Å². The number of nitriles is 1. The molecular formula is C22H23N7O3. The van der Waals surface area contributed by atoms with Crippen molar-refractivity contribution in [2.24, 2.45) is 0 Å². The summed E-state index contributed by atoms with van der Waals surface area (Å²) < 4.78 is 6.52. The van der Waals surface area contributed by atoms with Crippen LogP contribution in [-0.2, 0) is 13.0 Å². The Balaban J connectivity index is 1.54. The van der Waals surface area contributed by atoms with Crippen LogP contribution in [0.1, 0.15) is 44.9 Å². The second-order valence-electron chi connectivity index (χ2n) is 6.81. The second kappa shape index (κ2) is 10.7. The Morgan fingerprint density at radius 1 is 1.22 bits per heavy atom. The molecule has 0 fully saturated rings. The average molecular weight is 433 g/mol. The van der Waals surface area contributed by atoms with Crippen molar-refractivity contribution in [3.63, 3.8) is 0 Å². The van der Waals surface area contributed by atoms with Crippen molar-refractivity contribution in [2.75, 3.05) is 13.7 Å². The Labute approximate surface area is 185 Å². The zero-order valence-corrected chi connectivity index (χ0v) is 17.8. The molecule has 32 heavy (non-hydrogen) atoms. The number of methoxy groups -OCH3 is 1. The van der Waals surface area contributed by atoms with Gasteiger partial charge in [0.05, 0.1) is 25.9 Å². The molecule has 0 aliphatic rings. The van der Waals surface area contributed by atoms with Crippen molar-refractivity contribution < 1.29 is 14.3 Å². The van der Waals surface area contributed by atoms with E-state index in [0.29, 0.717) is 17.7 Å². The predicted molar refractivity (Wildman–Crippen MR) is 115 cm³/mol. The highest BCUT2D eigenvalue weighted by Crippen LogP contribution is 2.15. The molecule has 2 aromatic heterocycles. The first-order valence-corrected chi connectivity index (χ1v) is 10.0. The van der Waals surface area contributed by atoms with E-state index in [0.717, 1.165) is 12.0 Å².